The fraction of sp³-hybridized carbons (Fsp3) is 0.818. The topological polar surface area (TPSA) is 58.9 Å². The third-order valence-corrected chi connectivity index (χ3v) is 2.84. The van der Waals surface area contributed by atoms with E-state index in [0.717, 1.165) is 12.8 Å². The van der Waals surface area contributed by atoms with Crippen molar-refractivity contribution in [1.82, 2.24) is 0 Å². The van der Waals surface area contributed by atoms with Crippen LogP contribution in [0.4, 0.5) is 0 Å². The summed E-state index contributed by atoms with van der Waals surface area (Å²) in [7, 11) is 1.57. The summed E-state index contributed by atoms with van der Waals surface area (Å²) in [6.45, 7) is 1.57. The Morgan fingerprint density at radius 2 is 2.00 bits per heavy atom. The Bertz CT molecular complexity index is 244. The molecule has 0 aromatic heterocycles. The van der Waals surface area contributed by atoms with E-state index < -0.39 is 12.0 Å². The van der Waals surface area contributed by atoms with Crippen LogP contribution in [0.15, 0.2) is 4.99 Å². The molecular weight excluding hydrogens is 194 g/mol. The minimum atomic E-state index is -0.902. The van der Waals surface area contributed by atoms with Gasteiger partial charge in [-0.05, 0) is 19.8 Å². The number of carboxylic acid groups (broad SMARTS) is 1. The van der Waals surface area contributed by atoms with Gasteiger partial charge in [-0.3, -0.25) is 0 Å². The molecule has 15 heavy (non-hydrogen) atoms. The highest BCUT2D eigenvalue weighted by Gasteiger charge is 2.21. The first kappa shape index (κ1) is 12.0. The van der Waals surface area contributed by atoms with Crippen LogP contribution in [0.1, 0.15) is 39.0 Å². The van der Waals surface area contributed by atoms with Gasteiger partial charge in [0.25, 0.3) is 0 Å². The molecule has 0 radical (unpaired) electrons. The van der Waals surface area contributed by atoms with Crippen LogP contribution in [0, 0.1) is 5.92 Å². The van der Waals surface area contributed by atoms with E-state index in [-0.39, 0.29) is 0 Å². The molecular formula is C11H19NO3. The molecule has 1 fully saturated rings. The molecule has 0 spiro atoms. The summed E-state index contributed by atoms with van der Waals surface area (Å²) in [4.78, 5) is 14.8. The first-order chi connectivity index (χ1) is 7.15. The van der Waals surface area contributed by atoms with Crippen LogP contribution in [0.3, 0.4) is 0 Å². The molecule has 1 saturated carbocycles. The average Bonchev–Trinajstić information content (AvgIpc) is 2.26. The number of carboxylic acids is 1. The highest BCUT2D eigenvalue weighted by atomic mass is 16.5. The fourth-order valence-corrected chi connectivity index (χ4v) is 1.92. The minimum absolute atomic E-state index is 0.325. The van der Waals surface area contributed by atoms with E-state index >= 15 is 0 Å². The molecule has 1 aliphatic rings. The maximum atomic E-state index is 10.7. The third kappa shape index (κ3) is 3.53. The lowest BCUT2D eigenvalue weighted by Crippen LogP contribution is -2.24. The van der Waals surface area contributed by atoms with Crippen LogP contribution >= 0.6 is 0 Å². The van der Waals surface area contributed by atoms with Gasteiger partial charge in [0.2, 0.25) is 0 Å². The number of aliphatic imine (C=N–C) groups is 1. The quantitative estimate of drug-likeness (QED) is 0.576. The molecule has 0 aromatic carbocycles. The van der Waals surface area contributed by atoms with Crippen LogP contribution in [-0.2, 0) is 9.53 Å². The van der Waals surface area contributed by atoms with E-state index in [0.29, 0.717) is 11.8 Å². The monoisotopic (exact) mass is 213 g/mol. The second-order valence-corrected chi connectivity index (χ2v) is 4.02. The molecule has 1 atom stereocenters. The summed E-state index contributed by atoms with van der Waals surface area (Å²) in [6, 6.07) is -0.707. The highest BCUT2D eigenvalue weighted by molar-refractivity contribution is 5.83. The van der Waals surface area contributed by atoms with Crippen LogP contribution in [-0.4, -0.2) is 30.1 Å². The SMILES string of the molecule is COC(=NC(C)C(=O)O)C1CCCCC1. The van der Waals surface area contributed by atoms with Gasteiger partial charge < -0.3 is 9.84 Å². The molecule has 86 valence electrons. The predicted octanol–water partition coefficient (Wildman–Crippen LogP) is 2.08. The molecule has 0 heterocycles. The van der Waals surface area contributed by atoms with E-state index in [4.69, 9.17) is 9.84 Å². The van der Waals surface area contributed by atoms with E-state index in [9.17, 15) is 4.79 Å². The first-order valence-corrected chi connectivity index (χ1v) is 5.49. The lowest BCUT2D eigenvalue weighted by molar-refractivity contribution is -0.138. The van der Waals surface area contributed by atoms with Gasteiger partial charge in [-0.2, -0.15) is 0 Å². The van der Waals surface area contributed by atoms with Crippen LogP contribution in [0.2, 0.25) is 0 Å². The maximum absolute atomic E-state index is 10.7. The summed E-state index contributed by atoms with van der Waals surface area (Å²) < 4.78 is 5.20. The summed E-state index contributed by atoms with van der Waals surface area (Å²) in [6.07, 6.45) is 5.78. The predicted molar refractivity (Wildman–Crippen MR) is 58.1 cm³/mol. The number of aliphatic carboxylic acids is 1. The molecule has 0 bridgehead atoms. The largest absolute Gasteiger partial charge is 0.484 e. The minimum Gasteiger partial charge on any atom is -0.484 e. The fourth-order valence-electron chi connectivity index (χ4n) is 1.92. The van der Waals surface area contributed by atoms with E-state index in [1.165, 1.54) is 19.3 Å². The molecule has 4 heteroatoms. The molecule has 0 amide bonds. The van der Waals surface area contributed by atoms with Crippen molar-refractivity contribution < 1.29 is 14.6 Å². The molecule has 1 N–H and O–H groups in total. The van der Waals surface area contributed by atoms with Crippen molar-refractivity contribution in [1.29, 1.82) is 0 Å². The van der Waals surface area contributed by atoms with Crippen molar-refractivity contribution in [2.45, 2.75) is 45.1 Å². The number of methoxy groups -OCH3 is 1. The number of nitrogens with zero attached hydrogens (tertiary/aromatic N) is 1. The summed E-state index contributed by atoms with van der Waals surface area (Å²) >= 11 is 0. The van der Waals surface area contributed by atoms with Crippen LogP contribution in [0.25, 0.3) is 0 Å². The van der Waals surface area contributed by atoms with Crippen molar-refractivity contribution in [3.63, 3.8) is 0 Å². The number of hydrogen-bond donors (Lipinski definition) is 1. The number of rotatable bonds is 3. The zero-order valence-electron chi connectivity index (χ0n) is 9.40. The standard InChI is InChI=1S/C11H19NO3/c1-8(11(13)14)12-10(15-2)9-6-4-3-5-7-9/h8-9H,3-7H2,1-2H3,(H,13,14). The van der Waals surface area contributed by atoms with Gasteiger partial charge in [0.05, 0.1) is 7.11 Å². The number of carbonyl (C=O) groups is 1. The first-order valence-electron chi connectivity index (χ1n) is 5.49. The highest BCUT2D eigenvalue weighted by Crippen LogP contribution is 2.25. The number of hydrogen-bond acceptors (Lipinski definition) is 3. The van der Waals surface area contributed by atoms with E-state index in [1.54, 1.807) is 14.0 Å². The van der Waals surface area contributed by atoms with Gasteiger partial charge in [0.1, 0.15) is 6.04 Å². The average molecular weight is 213 g/mol. The normalized spacial score (nSPS) is 21.1. The van der Waals surface area contributed by atoms with Gasteiger partial charge >= 0.3 is 5.97 Å². The molecule has 4 nitrogen and oxygen atoms in total. The van der Waals surface area contributed by atoms with Gasteiger partial charge in [0, 0.05) is 5.92 Å². The smallest absolute Gasteiger partial charge is 0.328 e. The van der Waals surface area contributed by atoms with E-state index in [1.807, 2.05) is 0 Å². The summed E-state index contributed by atoms with van der Waals surface area (Å²) in [5.74, 6) is 0.0375. The van der Waals surface area contributed by atoms with Gasteiger partial charge in [0.15, 0.2) is 5.90 Å². The Kier molecular flexibility index (Phi) is 4.59. The van der Waals surface area contributed by atoms with Crippen molar-refractivity contribution in [2.24, 2.45) is 10.9 Å². The van der Waals surface area contributed by atoms with Crippen LogP contribution in [0.5, 0.6) is 0 Å². The molecule has 0 aliphatic heterocycles. The Morgan fingerprint density at radius 3 is 2.47 bits per heavy atom. The molecule has 1 rings (SSSR count). The molecule has 0 aromatic rings. The Labute approximate surface area is 90.3 Å². The molecule has 0 saturated heterocycles. The van der Waals surface area contributed by atoms with Gasteiger partial charge in [-0.25, -0.2) is 9.79 Å². The Balaban J connectivity index is 2.64. The van der Waals surface area contributed by atoms with Crippen molar-refractivity contribution in [3.05, 3.63) is 0 Å². The van der Waals surface area contributed by atoms with Crippen molar-refractivity contribution in [3.8, 4) is 0 Å². The van der Waals surface area contributed by atoms with Gasteiger partial charge in [-0.1, -0.05) is 19.3 Å². The Morgan fingerprint density at radius 1 is 1.40 bits per heavy atom. The zero-order valence-corrected chi connectivity index (χ0v) is 9.40. The maximum Gasteiger partial charge on any atom is 0.328 e. The second kappa shape index (κ2) is 5.73. The van der Waals surface area contributed by atoms with Gasteiger partial charge in [-0.15, -0.1) is 0 Å². The summed E-state index contributed by atoms with van der Waals surface area (Å²) in [5.41, 5.74) is 0. The number of ether oxygens (including phenoxy) is 1. The lowest BCUT2D eigenvalue weighted by atomic mass is 9.89. The molecule has 1 unspecified atom stereocenters. The van der Waals surface area contributed by atoms with Crippen molar-refractivity contribution in [2.75, 3.05) is 7.11 Å². The zero-order chi connectivity index (χ0) is 11.3. The van der Waals surface area contributed by atoms with E-state index in [2.05, 4.69) is 4.99 Å². The lowest BCUT2D eigenvalue weighted by Gasteiger charge is -2.22. The third-order valence-electron chi connectivity index (χ3n) is 2.84. The summed E-state index contributed by atoms with van der Waals surface area (Å²) in [5, 5.41) is 8.76. The van der Waals surface area contributed by atoms with Crippen molar-refractivity contribution >= 4 is 11.9 Å². The van der Waals surface area contributed by atoms with Crippen LogP contribution < -0.4 is 0 Å². The molecule has 1 aliphatic carbocycles. The second-order valence-electron chi connectivity index (χ2n) is 4.02. The Hall–Kier alpha value is -1.06.